The van der Waals surface area contributed by atoms with Crippen LogP contribution in [0, 0.1) is 5.41 Å². The highest BCUT2D eigenvalue weighted by Gasteiger charge is 2.15. The first-order valence-corrected chi connectivity index (χ1v) is 10.3. The Morgan fingerprint density at radius 3 is 1.69 bits per heavy atom. The van der Waals surface area contributed by atoms with Crippen molar-refractivity contribution in [3.8, 4) is 0 Å². The second kappa shape index (κ2) is 10.1. The van der Waals surface area contributed by atoms with E-state index in [1.165, 1.54) is 18.7 Å². The third kappa shape index (κ3) is 8.83. The molecule has 0 saturated carbocycles. The summed E-state index contributed by atoms with van der Waals surface area (Å²) in [5, 5.41) is 8.39. The lowest BCUT2D eigenvalue weighted by molar-refractivity contribution is -0.118. The highest BCUT2D eigenvalue weighted by atomic mass is 32.2. The first-order valence-electron chi connectivity index (χ1n) is 9.31. The second-order valence-electron chi connectivity index (χ2n) is 7.91. The summed E-state index contributed by atoms with van der Waals surface area (Å²) in [5.41, 5.74) is 2.03. The van der Waals surface area contributed by atoms with Crippen LogP contribution in [0.1, 0.15) is 34.1 Å². The maximum Gasteiger partial charge on any atom is 0.234 e. The zero-order valence-corrected chi connectivity index (χ0v) is 18.0. The highest BCUT2D eigenvalue weighted by Crippen LogP contribution is 2.23. The first-order chi connectivity index (χ1) is 13.6. The molecule has 0 fully saturated rings. The van der Waals surface area contributed by atoms with Crippen LogP contribution in [0.3, 0.4) is 0 Å². The van der Waals surface area contributed by atoms with Crippen LogP contribution in [-0.2, 0) is 14.4 Å². The lowest BCUT2D eigenvalue weighted by atomic mass is 9.92. The number of thioether (sulfide) groups is 1. The molecule has 2 aromatic rings. The minimum Gasteiger partial charge on any atom is -0.326 e. The summed E-state index contributed by atoms with van der Waals surface area (Å²) in [6.07, 6.45) is 0.454. The molecular weight excluding hydrogens is 386 g/mol. The lowest BCUT2D eigenvalue weighted by Gasteiger charge is -2.17. The first kappa shape index (κ1) is 22.5. The maximum atomic E-state index is 12.1. The predicted molar refractivity (Wildman–Crippen MR) is 119 cm³/mol. The van der Waals surface area contributed by atoms with Gasteiger partial charge in [-0.3, -0.25) is 14.4 Å². The number of nitrogens with one attached hydrogen (secondary N) is 3. The molecule has 0 atom stereocenters. The molecule has 0 heterocycles. The fourth-order valence-electron chi connectivity index (χ4n) is 2.51. The molecule has 154 valence electrons. The van der Waals surface area contributed by atoms with Crippen molar-refractivity contribution >= 4 is 46.5 Å². The van der Waals surface area contributed by atoms with Crippen LogP contribution in [0.5, 0.6) is 0 Å². The van der Waals surface area contributed by atoms with Gasteiger partial charge in [-0.1, -0.05) is 20.8 Å². The van der Waals surface area contributed by atoms with Gasteiger partial charge in [0, 0.05) is 35.3 Å². The molecule has 0 aliphatic rings. The molecule has 0 radical (unpaired) electrons. The Morgan fingerprint density at radius 1 is 0.759 bits per heavy atom. The molecule has 0 bridgehead atoms. The SMILES string of the molecule is CC(=O)Nc1ccc(NC(=O)CSc2ccc(NC(=O)CC(C)(C)C)cc2)cc1. The molecule has 0 aliphatic heterocycles. The molecule has 0 spiro atoms. The van der Waals surface area contributed by atoms with Crippen molar-refractivity contribution in [1.82, 2.24) is 0 Å². The van der Waals surface area contributed by atoms with E-state index in [0.717, 1.165) is 10.6 Å². The van der Waals surface area contributed by atoms with Crippen LogP contribution >= 0.6 is 11.8 Å². The summed E-state index contributed by atoms with van der Waals surface area (Å²) >= 11 is 1.42. The zero-order chi connectivity index (χ0) is 21.4. The minimum absolute atomic E-state index is 0.0122. The fourth-order valence-corrected chi connectivity index (χ4v) is 3.21. The average molecular weight is 414 g/mol. The molecule has 6 nitrogen and oxygen atoms in total. The monoisotopic (exact) mass is 413 g/mol. The van der Waals surface area contributed by atoms with Crippen molar-refractivity contribution in [3.05, 3.63) is 48.5 Å². The molecule has 0 saturated heterocycles. The summed E-state index contributed by atoms with van der Waals surface area (Å²) in [6, 6.07) is 14.4. The van der Waals surface area contributed by atoms with Gasteiger partial charge in [-0.15, -0.1) is 11.8 Å². The number of amides is 3. The molecule has 3 N–H and O–H groups in total. The van der Waals surface area contributed by atoms with Crippen LogP contribution in [0.25, 0.3) is 0 Å². The van der Waals surface area contributed by atoms with Crippen LogP contribution in [0.4, 0.5) is 17.1 Å². The van der Waals surface area contributed by atoms with E-state index in [9.17, 15) is 14.4 Å². The number of anilines is 3. The molecule has 3 amide bonds. The molecule has 0 aliphatic carbocycles. The van der Waals surface area contributed by atoms with E-state index >= 15 is 0 Å². The highest BCUT2D eigenvalue weighted by molar-refractivity contribution is 8.00. The van der Waals surface area contributed by atoms with Crippen LogP contribution in [-0.4, -0.2) is 23.5 Å². The van der Waals surface area contributed by atoms with Crippen molar-refractivity contribution in [1.29, 1.82) is 0 Å². The van der Waals surface area contributed by atoms with E-state index in [1.807, 2.05) is 45.0 Å². The summed E-state index contributed by atoms with van der Waals surface area (Å²) in [6.45, 7) is 7.51. The van der Waals surface area contributed by atoms with Gasteiger partial charge in [0.05, 0.1) is 5.75 Å². The van der Waals surface area contributed by atoms with Crippen molar-refractivity contribution in [2.75, 3.05) is 21.7 Å². The Hall–Kier alpha value is -2.80. The molecule has 29 heavy (non-hydrogen) atoms. The summed E-state index contributed by atoms with van der Waals surface area (Å²) in [5.74, 6) is -0.00647. The zero-order valence-electron chi connectivity index (χ0n) is 17.2. The van der Waals surface area contributed by atoms with Crippen molar-refractivity contribution in [2.24, 2.45) is 5.41 Å². The smallest absolute Gasteiger partial charge is 0.234 e. The third-order valence-corrected chi connectivity index (χ3v) is 4.70. The Balaban J connectivity index is 1.79. The van der Waals surface area contributed by atoms with Gasteiger partial charge in [-0.05, 0) is 53.9 Å². The average Bonchev–Trinajstić information content (AvgIpc) is 2.61. The third-order valence-electron chi connectivity index (χ3n) is 3.69. The second-order valence-corrected chi connectivity index (χ2v) is 8.95. The summed E-state index contributed by atoms with van der Waals surface area (Å²) < 4.78 is 0. The van der Waals surface area contributed by atoms with Gasteiger partial charge in [-0.2, -0.15) is 0 Å². The maximum absolute atomic E-state index is 12.1. The number of hydrogen-bond acceptors (Lipinski definition) is 4. The van der Waals surface area contributed by atoms with Crippen LogP contribution in [0.15, 0.2) is 53.4 Å². The van der Waals surface area contributed by atoms with E-state index in [0.29, 0.717) is 17.8 Å². The van der Waals surface area contributed by atoms with Gasteiger partial charge < -0.3 is 16.0 Å². The van der Waals surface area contributed by atoms with E-state index in [2.05, 4.69) is 16.0 Å². The van der Waals surface area contributed by atoms with Crippen LogP contribution < -0.4 is 16.0 Å². The number of carbonyl (C=O) groups excluding carboxylic acids is 3. The summed E-state index contributed by atoms with van der Waals surface area (Å²) in [4.78, 5) is 36.1. The van der Waals surface area contributed by atoms with E-state index in [1.54, 1.807) is 24.3 Å². The molecule has 7 heteroatoms. The van der Waals surface area contributed by atoms with E-state index < -0.39 is 0 Å². The van der Waals surface area contributed by atoms with Crippen LogP contribution in [0.2, 0.25) is 0 Å². The quantitative estimate of drug-likeness (QED) is 0.572. The lowest BCUT2D eigenvalue weighted by Crippen LogP contribution is -2.19. The summed E-state index contributed by atoms with van der Waals surface area (Å²) in [7, 11) is 0. The van der Waals surface area contributed by atoms with E-state index in [4.69, 9.17) is 0 Å². The Morgan fingerprint density at radius 2 is 1.21 bits per heavy atom. The van der Waals surface area contributed by atoms with Gasteiger partial charge in [0.2, 0.25) is 17.7 Å². The molecule has 2 rings (SSSR count). The molecule has 2 aromatic carbocycles. The molecule has 0 unspecified atom stereocenters. The predicted octanol–water partition coefficient (Wildman–Crippen LogP) is 4.75. The number of hydrogen-bond donors (Lipinski definition) is 3. The van der Waals surface area contributed by atoms with Crippen molar-refractivity contribution in [2.45, 2.75) is 39.0 Å². The van der Waals surface area contributed by atoms with Gasteiger partial charge >= 0.3 is 0 Å². The largest absolute Gasteiger partial charge is 0.326 e. The van der Waals surface area contributed by atoms with Gasteiger partial charge in [-0.25, -0.2) is 0 Å². The minimum atomic E-state index is -0.141. The Kier molecular flexibility index (Phi) is 7.84. The van der Waals surface area contributed by atoms with E-state index in [-0.39, 0.29) is 28.9 Å². The number of rotatable bonds is 7. The normalized spacial score (nSPS) is 10.9. The van der Waals surface area contributed by atoms with Crippen molar-refractivity contribution < 1.29 is 14.4 Å². The van der Waals surface area contributed by atoms with Crippen molar-refractivity contribution in [3.63, 3.8) is 0 Å². The number of carbonyl (C=O) groups is 3. The fraction of sp³-hybridized carbons (Fsp3) is 0.318. The van der Waals surface area contributed by atoms with Gasteiger partial charge in [0.1, 0.15) is 0 Å². The standard InChI is InChI=1S/C22H27N3O3S/c1-15(26)23-16-5-7-17(8-6-16)25-21(28)14-29-19-11-9-18(10-12-19)24-20(27)13-22(2,3)4/h5-12H,13-14H2,1-4H3,(H,23,26)(H,24,27)(H,25,28). The molecular formula is C22H27N3O3S. The van der Waals surface area contributed by atoms with Gasteiger partial charge in [0.15, 0.2) is 0 Å². The van der Waals surface area contributed by atoms with Gasteiger partial charge in [0.25, 0.3) is 0 Å². The Labute approximate surface area is 175 Å². The topological polar surface area (TPSA) is 87.3 Å². The molecule has 0 aromatic heterocycles. The number of benzene rings is 2. The Bertz CT molecular complexity index is 856.